The molecule has 4 aromatic rings. The zero-order valence-corrected chi connectivity index (χ0v) is 18.6. The summed E-state index contributed by atoms with van der Waals surface area (Å²) < 4.78 is 7.86. The number of hydrogen-bond donors (Lipinski definition) is 0. The van der Waals surface area contributed by atoms with Crippen LogP contribution in [-0.4, -0.2) is 27.1 Å². The highest BCUT2D eigenvalue weighted by Gasteiger charge is 2.16. The van der Waals surface area contributed by atoms with Crippen LogP contribution in [0.15, 0.2) is 78.0 Å². The van der Waals surface area contributed by atoms with Crippen molar-refractivity contribution in [3.05, 3.63) is 88.4 Å². The highest BCUT2D eigenvalue weighted by molar-refractivity contribution is 7.99. The monoisotopic (exact) mass is 455 g/mol. The van der Waals surface area contributed by atoms with Gasteiger partial charge in [-0.2, -0.15) is 0 Å². The van der Waals surface area contributed by atoms with E-state index >= 15 is 0 Å². The van der Waals surface area contributed by atoms with E-state index in [-0.39, 0.29) is 0 Å². The lowest BCUT2D eigenvalue weighted by Gasteiger charge is -2.11. The molecule has 4 rings (SSSR count). The fourth-order valence-electron chi connectivity index (χ4n) is 2.92. The zero-order chi connectivity index (χ0) is 20.9. The Morgan fingerprint density at radius 2 is 1.63 bits per heavy atom. The summed E-state index contributed by atoms with van der Waals surface area (Å²) in [7, 11) is 0. The van der Waals surface area contributed by atoms with Gasteiger partial charge in [-0.15, -0.1) is 10.2 Å². The van der Waals surface area contributed by atoms with Crippen LogP contribution in [0.4, 0.5) is 0 Å². The van der Waals surface area contributed by atoms with E-state index in [1.807, 2.05) is 48.5 Å². The van der Waals surface area contributed by atoms with Crippen LogP contribution in [0, 0.1) is 6.92 Å². The number of ether oxygens (including phenoxy) is 1. The maximum atomic E-state index is 6.15. The van der Waals surface area contributed by atoms with Gasteiger partial charge < -0.3 is 4.74 Å². The van der Waals surface area contributed by atoms with Gasteiger partial charge in [0, 0.05) is 22.0 Å². The summed E-state index contributed by atoms with van der Waals surface area (Å²) in [5, 5.41) is 11.0. The molecule has 4 nitrogen and oxygen atoms in total. The normalized spacial score (nSPS) is 10.9. The number of thioether (sulfide) groups is 1. The van der Waals surface area contributed by atoms with Crippen molar-refractivity contribution in [2.45, 2.75) is 12.1 Å². The highest BCUT2D eigenvalue weighted by atomic mass is 35.5. The van der Waals surface area contributed by atoms with E-state index in [9.17, 15) is 0 Å². The summed E-state index contributed by atoms with van der Waals surface area (Å²) in [6.45, 7) is 2.57. The third kappa shape index (κ3) is 4.81. The minimum Gasteiger partial charge on any atom is -0.491 e. The zero-order valence-electron chi connectivity index (χ0n) is 16.3. The Bertz CT molecular complexity index is 1130. The molecule has 0 bridgehead atoms. The number of halogens is 2. The van der Waals surface area contributed by atoms with E-state index in [4.69, 9.17) is 27.9 Å². The second-order valence-corrected chi connectivity index (χ2v) is 8.52. The van der Waals surface area contributed by atoms with Gasteiger partial charge in [-0.3, -0.25) is 4.57 Å². The first-order chi connectivity index (χ1) is 14.6. The number of hydrogen-bond acceptors (Lipinski definition) is 4. The SMILES string of the molecule is Cc1ccc(-n2c(SCCOc3ccccc3Cl)nnc2-c2ccc(Cl)cc2)cc1. The Morgan fingerprint density at radius 1 is 0.900 bits per heavy atom. The van der Waals surface area contributed by atoms with Crippen LogP contribution in [0.2, 0.25) is 10.0 Å². The molecule has 0 aliphatic carbocycles. The molecule has 30 heavy (non-hydrogen) atoms. The fraction of sp³-hybridized carbons (Fsp3) is 0.130. The average molecular weight is 456 g/mol. The van der Waals surface area contributed by atoms with E-state index < -0.39 is 0 Å². The Balaban J connectivity index is 1.57. The molecule has 1 heterocycles. The van der Waals surface area contributed by atoms with E-state index in [1.165, 1.54) is 5.56 Å². The van der Waals surface area contributed by atoms with Gasteiger partial charge in [0.2, 0.25) is 0 Å². The molecule has 0 aliphatic rings. The number of nitrogens with zero attached hydrogens (tertiary/aromatic N) is 3. The summed E-state index contributed by atoms with van der Waals surface area (Å²) in [5.41, 5.74) is 3.15. The van der Waals surface area contributed by atoms with Gasteiger partial charge in [0.1, 0.15) is 5.75 Å². The minimum absolute atomic E-state index is 0.505. The van der Waals surface area contributed by atoms with Crippen molar-refractivity contribution in [2.24, 2.45) is 0 Å². The Labute approximate surface area is 189 Å². The molecule has 0 spiro atoms. The van der Waals surface area contributed by atoms with Crippen LogP contribution in [0.25, 0.3) is 17.1 Å². The van der Waals surface area contributed by atoms with Gasteiger partial charge in [0.25, 0.3) is 0 Å². The first-order valence-corrected chi connectivity index (χ1v) is 11.1. The number of para-hydroxylation sites is 1. The van der Waals surface area contributed by atoms with Crippen LogP contribution < -0.4 is 4.74 Å². The summed E-state index contributed by atoms with van der Waals surface area (Å²) in [5.74, 6) is 2.15. The number of benzene rings is 3. The lowest BCUT2D eigenvalue weighted by atomic mass is 10.2. The molecule has 0 amide bonds. The Morgan fingerprint density at radius 3 is 2.37 bits per heavy atom. The summed E-state index contributed by atoms with van der Waals surface area (Å²) in [6, 6.07) is 23.4. The van der Waals surface area contributed by atoms with Gasteiger partial charge in [0.05, 0.1) is 11.6 Å². The molecule has 0 radical (unpaired) electrons. The summed E-state index contributed by atoms with van der Waals surface area (Å²) in [6.07, 6.45) is 0. The molecule has 0 unspecified atom stereocenters. The lowest BCUT2D eigenvalue weighted by molar-refractivity contribution is 0.344. The topological polar surface area (TPSA) is 39.9 Å². The van der Waals surface area contributed by atoms with Gasteiger partial charge in [0.15, 0.2) is 11.0 Å². The molecule has 0 aliphatic heterocycles. The molecule has 7 heteroatoms. The van der Waals surface area contributed by atoms with Crippen molar-refractivity contribution < 1.29 is 4.74 Å². The van der Waals surface area contributed by atoms with Crippen LogP contribution in [0.3, 0.4) is 0 Å². The van der Waals surface area contributed by atoms with Crippen molar-refractivity contribution in [2.75, 3.05) is 12.4 Å². The van der Waals surface area contributed by atoms with E-state index in [0.29, 0.717) is 28.2 Å². The van der Waals surface area contributed by atoms with Crippen molar-refractivity contribution in [1.29, 1.82) is 0 Å². The largest absolute Gasteiger partial charge is 0.491 e. The minimum atomic E-state index is 0.505. The van der Waals surface area contributed by atoms with E-state index in [1.54, 1.807) is 11.8 Å². The Kier molecular flexibility index (Phi) is 6.62. The van der Waals surface area contributed by atoms with Crippen LogP contribution in [0.1, 0.15) is 5.56 Å². The molecular formula is C23H19Cl2N3OS. The molecule has 0 fully saturated rings. The second kappa shape index (κ2) is 9.56. The van der Waals surface area contributed by atoms with Gasteiger partial charge in [-0.05, 0) is 55.5 Å². The van der Waals surface area contributed by atoms with Crippen LogP contribution >= 0.6 is 35.0 Å². The first kappa shape index (κ1) is 20.8. The van der Waals surface area contributed by atoms with Crippen LogP contribution in [-0.2, 0) is 0 Å². The predicted octanol–water partition coefficient (Wildman–Crippen LogP) is 6.72. The van der Waals surface area contributed by atoms with E-state index in [0.717, 1.165) is 22.2 Å². The third-order valence-electron chi connectivity index (χ3n) is 4.44. The summed E-state index contributed by atoms with van der Waals surface area (Å²) >= 11 is 13.8. The second-order valence-electron chi connectivity index (χ2n) is 6.61. The number of rotatable bonds is 7. The molecule has 1 aromatic heterocycles. The number of aryl methyl sites for hydroxylation is 1. The third-order valence-corrected chi connectivity index (χ3v) is 5.89. The molecule has 0 saturated carbocycles. The van der Waals surface area contributed by atoms with Crippen molar-refractivity contribution in [3.63, 3.8) is 0 Å². The van der Waals surface area contributed by atoms with Gasteiger partial charge >= 0.3 is 0 Å². The fourth-order valence-corrected chi connectivity index (χ4v) is 4.01. The average Bonchev–Trinajstić information content (AvgIpc) is 3.17. The molecule has 3 aromatic carbocycles. The van der Waals surface area contributed by atoms with Gasteiger partial charge in [-0.25, -0.2) is 0 Å². The molecule has 0 atom stereocenters. The van der Waals surface area contributed by atoms with Crippen molar-refractivity contribution in [1.82, 2.24) is 14.8 Å². The van der Waals surface area contributed by atoms with E-state index in [2.05, 4.69) is 46.0 Å². The first-order valence-electron chi connectivity index (χ1n) is 9.40. The quantitative estimate of drug-likeness (QED) is 0.229. The standard InChI is InChI=1S/C23H19Cl2N3OS/c1-16-6-12-19(13-7-16)28-22(17-8-10-18(24)11-9-17)26-27-23(28)30-15-14-29-21-5-3-2-4-20(21)25/h2-13H,14-15H2,1H3. The number of aromatic nitrogens is 3. The molecule has 152 valence electrons. The summed E-state index contributed by atoms with van der Waals surface area (Å²) in [4.78, 5) is 0. The van der Waals surface area contributed by atoms with Crippen molar-refractivity contribution in [3.8, 4) is 22.8 Å². The maximum absolute atomic E-state index is 6.15. The molecular weight excluding hydrogens is 437 g/mol. The molecule has 0 N–H and O–H groups in total. The smallest absolute Gasteiger partial charge is 0.196 e. The van der Waals surface area contributed by atoms with Crippen LogP contribution in [0.5, 0.6) is 5.75 Å². The Hall–Kier alpha value is -2.47. The van der Waals surface area contributed by atoms with Gasteiger partial charge in [-0.1, -0.05) is 64.8 Å². The van der Waals surface area contributed by atoms with Crippen molar-refractivity contribution >= 4 is 35.0 Å². The lowest BCUT2D eigenvalue weighted by Crippen LogP contribution is -2.03. The maximum Gasteiger partial charge on any atom is 0.196 e. The predicted molar refractivity (Wildman–Crippen MR) is 124 cm³/mol. The highest BCUT2D eigenvalue weighted by Crippen LogP contribution is 2.29. The molecule has 0 saturated heterocycles.